The average molecular weight is 393 g/mol. The molecule has 1 aromatic heterocycles. The number of nitrogens with one attached hydrogen (secondary N) is 1. The number of aliphatic hydroxyl groups excluding tert-OH is 1. The number of amides is 1. The van der Waals surface area contributed by atoms with Gasteiger partial charge < -0.3 is 24.6 Å². The third kappa shape index (κ3) is 3.82. The van der Waals surface area contributed by atoms with Gasteiger partial charge >= 0.3 is 5.69 Å². The molecule has 0 aliphatic carbocycles. The minimum atomic E-state index is -1.45. The number of ether oxygens (including phenoxy) is 3. The number of hydrogen-bond donors (Lipinski definition) is 2. The van der Waals surface area contributed by atoms with Gasteiger partial charge in [-0.2, -0.15) is 4.98 Å². The number of nitrogens with zero attached hydrogens (tertiary/aromatic N) is 2. The van der Waals surface area contributed by atoms with Gasteiger partial charge in [0.05, 0.1) is 26.9 Å². The van der Waals surface area contributed by atoms with E-state index in [0.717, 1.165) is 4.57 Å². The Morgan fingerprint density at radius 2 is 2.04 bits per heavy atom. The predicted molar refractivity (Wildman–Crippen MR) is 96.5 cm³/mol. The lowest BCUT2D eigenvalue weighted by Gasteiger charge is -2.16. The summed E-state index contributed by atoms with van der Waals surface area (Å²) in [6, 6.07) is 6.21. The van der Waals surface area contributed by atoms with Crippen molar-refractivity contribution in [2.24, 2.45) is 0 Å². The van der Waals surface area contributed by atoms with Gasteiger partial charge in [-0.05, 0) is 18.2 Å². The minimum absolute atomic E-state index is 0.0142. The number of halogens is 1. The lowest BCUT2D eigenvalue weighted by molar-refractivity contribution is -0.0393. The lowest BCUT2D eigenvalue weighted by Crippen LogP contribution is -2.31. The van der Waals surface area contributed by atoms with Gasteiger partial charge in [0, 0.05) is 12.6 Å². The monoisotopic (exact) mass is 393 g/mol. The van der Waals surface area contributed by atoms with Gasteiger partial charge in [0.25, 0.3) is 5.91 Å². The van der Waals surface area contributed by atoms with E-state index in [-0.39, 0.29) is 24.4 Å². The van der Waals surface area contributed by atoms with E-state index in [4.69, 9.17) is 19.3 Å². The van der Waals surface area contributed by atoms with Crippen LogP contribution in [0.2, 0.25) is 0 Å². The highest BCUT2D eigenvalue weighted by Crippen LogP contribution is 2.31. The van der Waals surface area contributed by atoms with Crippen LogP contribution in [-0.4, -0.2) is 53.7 Å². The number of alkyl halides is 1. The molecule has 1 fully saturated rings. The maximum absolute atomic E-state index is 14.1. The van der Waals surface area contributed by atoms with Gasteiger partial charge in [-0.15, -0.1) is 0 Å². The number of carbonyl (C=O) groups excluding carboxylic acids is 1. The summed E-state index contributed by atoms with van der Waals surface area (Å²) in [4.78, 5) is 28.7. The molecule has 2 aromatic rings. The first-order chi connectivity index (χ1) is 13.5. The molecular formula is C18H20FN3O6. The zero-order chi connectivity index (χ0) is 20.3. The number of aliphatic hydroxyl groups is 1. The number of anilines is 1. The summed E-state index contributed by atoms with van der Waals surface area (Å²) in [5.74, 6) is -0.0224. The Morgan fingerprint density at radius 3 is 2.57 bits per heavy atom. The molecule has 3 rings (SSSR count). The van der Waals surface area contributed by atoms with Crippen molar-refractivity contribution in [1.82, 2.24) is 9.55 Å². The van der Waals surface area contributed by atoms with Crippen molar-refractivity contribution in [3.8, 4) is 11.5 Å². The van der Waals surface area contributed by atoms with E-state index in [1.807, 2.05) is 0 Å². The molecule has 10 heteroatoms. The first kappa shape index (κ1) is 19.8. The molecule has 0 bridgehead atoms. The maximum atomic E-state index is 14.1. The van der Waals surface area contributed by atoms with Crippen molar-refractivity contribution < 1.29 is 28.5 Å². The fourth-order valence-electron chi connectivity index (χ4n) is 2.99. The Balaban J connectivity index is 1.82. The minimum Gasteiger partial charge on any atom is -0.496 e. The van der Waals surface area contributed by atoms with Crippen molar-refractivity contribution in [2.75, 3.05) is 26.1 Å². The zero-order valence-corrected chi connectivity index (χ0v) is 15.3. The van der Waals surface area contributed by atoms with Gasteiger partial charge in [-0.1, -0.05) is 6.07 Å². The van der Waals surface area contributed by atoms with Crippen molar-refractivity contribution in [1.29, 1.82) is 0 Å². The van der Waals surface area contributed by atoms with E-state index < -0.39 is 30.1 Å². The second-order valence-electron chi connectivity index (χ2n) is 6.08. The fraction of sp³-hybridized carbons (Fsp3) is 0.389. The quantitative estimate of drug-likeness (QED) is 0.757. The van der Waals surface area contributed by atoms with Crippen LogP contribution in [0.5, 0.6) is 11.5 Å². The van der Waals surface area contributed by atoms with Gasteiger partial charge in [-0.25, -0.2) is 9.18 Å². The topological polar surface area (TPSA) is 112 Å². The van der Waals surface area contributed by atoms with E-state index in [1.54, 1.807) is 18.2 Å². The summed E-state index contributed by atoms with van der Waals surface area (Å²) in [5.41, 5.74) is -0.650. The van der Waals surface area contributed by atoms with Crippen LogP contribution in [-0.2, 0) is 4.74 Å². The molecule has 28 heavy (non-hydrogen) atoms. The first-order valence-electron chi connectivity index (χ1n) is 8.50. The van der Waals surface area contributed by atoms with Crippen LogP contribution in [0.25, 0.3) is 0 Å². The first-order valence-corrected chi connectivity index (χ1v) is 8.50. The fourth-order valence-corrected chi connectivity index (χ4v) is 2.99. The second-order valence-corrected chi connectivity index (χ2v) is 6.08. The third-order valence-electron chi connectivity index (χ3n) is 4.33. The number of rotatable bonds is 6. The maximum Gasteiger partial charge on any atom is 0.351 e. The highest BCUT2D eigenvalue weighted by atomic mass is 19.1. The summed E-state index contributed by atoms with van der Waals surface area (Å²) >= 11 is 0. The van der Waals surface area contributed by atoms with Crippen LogP contribution >= 0.6 is 0 Å². The van der Waals surface area contributed by atoms with Crippen LogP contribution < -0.4 is 20.5 Å². The van der Waals surface area contributed by atoms with Gasteiger partial charge in [-0.3, -0.25) is 9.36 Å². The summed E-state index contributed by atoms with van der Waals surface area (Å²) in [5, 5.41) is 11.6. The standard InChI is InChI=1S/C18H20FN3O6/c1-26-12-4-3-5-13(27-2)15(12)16(24)20-14-6-7-22(18(25)21-14)17-11(19)8-10(9-23)28-17/h3-7,10-11,17,23H,8-9H2,1-2H3,(H,20,21,24,25)/t10-,11-,17+/m0/s1. The molecule has 0 saturated carbocycles. The van der Waals surface area contributed by atoms with Crippen LogP contribution in [0.4, 0.5) is 10.2 Å². The Morgan fingerprint density at radius 1 is 1.36 bits per heavy atom. The van der Waals surface area contributed by atoms with Crippen LogP contribution in [0.1, 0.15) is 23.0 Å². The third-order valence-corrected chi connectivity index (χ3v) is 4.33. The number of carbonyl (C=O) groups is 1. The molecule has 1 aliphatic heterocycles. The highest BCUT2D eigenvalue weighted by molar-refractivity contribution is 6.07. The van der Waals surface area contributed by atoms with Crippen LogP contribution in [0, 0.1) is 0 Å². The van der Waals surface area contributed by atoms with Crippen LogP contribution in [0.15, 0.2) is 35.3 Å². The molecule has 0 unspecified atom stereocenters. The molecule has 3 atom stereocenters. The molecule has 150 valence electrons. The molecule has 2 N–H and O–H groups in total. The Hall–Kier alpha value is -2.98. The van der Waals surface area contributed by atoms with Crippen LogP contribution in [0.3, 0.4) is 0 Å². The van der Waals surface area contributed by atoms with E-state index in [9.17, 15) is 14.0 Å². The average Bonchev–Trinajstić information content (AvgIpc) is 3.07. The Bertz CT molecular complexity index is 896. The summed E-state index contributed by atoms with van der Waals surface area (Å²) in [7, 11) is 2.83. The number of benzene rings is 1. The largest absolute Gasteiger partial charge is 0.496 e. The Labute approximate surface area is 159 Å². The molecule has 1 aromatic carbocycles. The van der Waals surface area contributed by atoms with E-state index in [0.29, 0.717) is 11.5 Å². The normalized spacial score (nSPS) is 21.4. The number of aromatic nitrogens is 2. The summed E-state index contributed by atoms with van der Waals surface area (Å²) in [6.45, 7) is -0.339. The second kappa shape index (κ2) is 8.36. The molecule has 2 heterocycles. The SMILES string of the molecule is COc1cccc(OC)c1C(=O)Nc1ccn([C@@H]2O[C@H](CO)C[C@@H]2F)c(=O)n1. The number of methoxy groups -OCH3 is 2. The van der Waals surface area contributed by atoms with Crippen molar-refractivity contribution >= 4 is 11.7 Å². The highest BCUT2D eigenvalue weighted by Gasteiger charge is 2.37. The van der Waals surface area contributed by atoms with Crippen molar-refractivity contribution in [2.45, 2.75) is 24.9 Å². The van der Waals surface area contributed by atoms with Gasteiger partial charge in [0.15, 0.2) is 6.23 Å². The van der Waals surface area contributed by atoms with Gasteiger partial charge in [0.1, 0.15) is 29.1 Å². The van der Waals surface area contributed by atoms with E-state index >= 15 is 0 Å². The molecular weight excluding hydrogens is 373 g/mol. The Kier molecular flexibility index (Phi) is 5.90. The molecule has 1 aliphatic rings. The smallest absolute Gasteiger partial charge is 0.351 e. The summed E-state index contributed by atoms with van der Waals surface area (Å²) in [6.07, 6.45) is -2.03. The molecule has 1 amide bonds. The number of hydrogen-bond acceptors (Lipinski definition) is 7. The van der Waals surface area contributed by atoms with E-state index in [2.05, 4.69) is 10.3 Å². The lowest BCUT2D eigenvalue weighted by atomic mass is 10.1. The van der Waals surface area contributed by atoms with Gasteiger partial charge in [0.2, 0.25) is 0 Å². The van der Waals surface area contributed by atoms with Crippen molar-refractivity contribution in [3.05, 3.63) is 46.5 Å². The van der Waals surface area contributed by atoms with Crippen molar-refractivity contribution in [3.63, 3.8) is 0 Å². The molecule has 0 spiro atoms. The molecule has 1 saturated heterocycles. The predicted octanol–water partition coefficient (Wildman–Crippen LogP) is 1.13. The summed E-state index contributed by atoms with van der Waals surface area (Å²) < 4.78 is 30.7. The van der Waals surface area contributed by atoms with E-state index in [1.165, 1.54) is 26.5 Å². The molecule has 0 radical (unpaired) electrons. The zero-order valence-electron chi connectivity index (χ0n) is 15.3. The molecule has 9 nitrogen and oxygen atoms in total.